The number of nitrogens with one attached hydrogen (secondary N) is 1. The number of halogens is 1. The van der Waals surface area contributed by atoms with E-state index in [2.05, 4.69) is 15.4 Å². The van der Waals surface area contributed by atoms with Crippen LogP contribution in [-0.2, 0) is 4.79 Å². The summed E-state index contributed by atoms with van der Waals surface area (Å²) in [5.41, 5.74) is 3.94. The van der Waals surface area contributed by atoms with Crippen LogP contribution >= 0.6 is 0 Å². The van der Waals surface area contributed by atoms with Gasteiger partial charge in [-0.3, -0.25) is 9.79 Å². The van der Waals surface area contributed by atoms with Gasteiger partial charge in [0.15, 0.2) is 0 Å². The SMILES string of the molecule is COc1cccc([C@@H](Oc2ccc3c(cnn3-c3ccc(F)cc3)c2)[C@H](C)NC(=O)C2=NCC(C)=C2)c1. The van der Waals surface area contributed by atoms with Gasteiger partial charge in [0.2, 0.25) is 0 Å². The normalized spacial score (nSPS) is 14.6. The van der Waals surface area contributed by atoms with Crippen molar-refractivity contribution < 1.29 is 18.7 Å². The largest absolute Gasteiger partial charge is 0.497 e. The van der Waals surface area contributed by atoms with Crippen molar-refractivity contribution in [2.24, 2.45) is 4.99 Å². The van der Waals surface area contributed by atoms with Gasteiger partial charge in [-0.05, 0) is 85.7 Å². The van der Waals surface area contributed by atoms with Crippen molar-refractivity contribution in [1.82, 2.24) is 15.1 Å². The Labute approximate surface area is 214 Å². The molecule has 7 nitrogen and oxygen atoms in total. The molecule has 37 heavy (non-hydrogen) atoms. The second-order valence-electron chi connectivity index (χ2n) is 9.02. The van der Waals surface area contributed by atoms with Crippen LogP contribution in [0.2, 0.25) is 0 Å². The summed E-state index contributed by atoms with van der Waals surface area (Å²) in [5, 5.41) is 8.37. The lowest BCUT2D eigenvalue weighted by atomic mass is 10.0. The highest BCUT2D eigenvalue weighted by Crippen LogP contribution is 2.30. The third-order valence-corrected chi connectivity index (χ3v) is 6.22. The van der Waals surface area contributed by atoms with E-state index in [1.54, 1.807) is 36.2 Å². The highest BCUT2D eigenvalue weighted by atomic mass is 19.1. The molecule has 0 bridgehead atoms. The van der Waals surface area contributed by atoms with Gasteiger partial charge in [0.25, 0.3) is 5.91 Å². The van der Waals surface area contributed by atoms with E-state index in [9.17, 15) is 9.18 Å². The quantitative estimate of drug-likeness (QED) is 0.362. The second-order valence-corrected chi connectivity index (χ2v) is 9.02. The summed E-state index contributed by atoms with van der Waals surface area (Å²) in [7, 11) is 1.61. The summed E-state index contributed by atoms with van der Waals surface area (Å²) < 4.78 is 27.0. The minimum absolute atomic E-state index is 0.239. The average Bonchev–Trinajstić information content (AvgIpc) is 3.54. The van der Waals surface area contributed by atoms with Gasteiger partial charge in [0, 0.05) is 5.39 Å². The summed E-state index contributed by atoms with van der Waals surface area (Å²) in [6.45, 7) is 4.39. The topological polar surface area (TPSA) is 77.7 Å². The predicted octanol–water partition coefficient (Wildman–Crippen LogP) is 5.20. The molecule has 1 aliphatic rings. The zero-order chi connectivity index (χ0) is 25.9. The molecule has 188 valence electrons. The van der Waals surface area contributed by atoms with Crippen molar-refractivity contribution in [3.8, 4) is 17.2 Å². The predicted molar refractivity (Wildman–Crippen MR) is 141 cm³/mol. The number of amides is 1. The first-order chi connectivity index (χ1) is 17.9. The molecule has 2 heterocycles. The van der Waals surface area contributed by atoms with E-state index in [0.29, 0.717) is 23.8 Å². The number of carbonyl (C=O) groups is 1. The first-order valence-corrected chi connectivity index (χ1v) is 12.0. The number of hydrogen-bond donors (Lipinski definition) is 1. The minimum atomic E-state index is -0.504. The number of nitrogens with zero attached hydrogens (tertiary/aromatic N) is 3. The van der Waals surface area contributed by atoms with E-state index in [1.165, 1.54) is 12.1 Å². The second kappa shape index (κ2) is 10.3. The molecule has 8 heteroatoms. The van der Waals surface area contributed by atoms with Crippen LogP contribution in [0.25, 0.3) is 16.6 Å². The summed E-state index contributed by atoms with van der Waals surface area (Å²) in [6.07, 6.45) is 3.04. The monoisotopic (exact) mass is 498 g/mol. The van der Waals surface area contributed by atoms with Crippen LogP contribution in [0.5, 0.6) is 11.5 Å². The van der Waals surface area contributed by atoms with E-state index in [4.69, 9.17) is 9.47 Å². The van der Waals surface area contributed by atoms with Crippen molar-refractivity contribution in [3.63, 3.8) is 0 Å². The van der Waals surface area contributed by atoms with Crippen molar-refractivity contribution >= 4 is 22.5 Å². The van der Waals surface area contributed by atoms with Gasteiger partial charge < -0.3 is 14.8 Å². The Kier molecular flexibility index (Phi) is 6.72. The molecule has 1 aliphatic heterocycles. The molecule has 1 amide bonds. The Morgan fingerprint density at radius 3 is 2.62 bits per heavy atom. The number of benzene rings is 3. The van der Waals surface area contributed by atoms with E-state index >= 15 is 0 Å². The number of carbonyl (C=O) groups excluding carboxylic acids is 1. The van der Waals surface area contributed by atoms with Crippen LogP contribution in [0, 0.1) is 5.82 Å². The van der Waals surface area contributed by atoms with E-state index < -0.39 is 6.10 Å². The van der Waals surface area contributed by atoms with Crippen LogP contribution in [0.15, 0.2) is 89.6 Å². The lowest BCUT2D eigenvalue weighted by Gasteiger charge is -2.27. The van der Waals surface area contributed by atoms with E-state index in [-0.39, 0.29) is 17.8 Å². The zero-order valence-corrected chi connectivity index (χ0v) is 20.8. The van der Waals surface area contributed by atoms with Crippen molar-refractivity contribution in [1.29, 1.82) is 0 Å². The number of aliphatic imine (C=N–C) groups is 1. The number of methoxy groups -OCH3 is 1. The summed E-state index contributed by atoms with van der Waals surface area (Å²) in [5.74, 6) is 0.775. The average molecular weight is 499 g/mol. The van der Waals surface area contributed by atoms with Gasteiger partial charge in [0.1, 0.15) is 29.1 Å². The highest BCUT2D eigenvalue weighted by Gasteiger charge is 2.26. The van der Waals surface area contributed by atoms with Crippen molar-refractivity contribution in [3.05, 3.63) is 96.0 Å². The Morgan fingerprint density at radius 2 is 1.89 bits per heavy atom. The van der Waals surface area contributed by atoms with E-state index in [1.807, 2.05) is 56.3 Å². The molecule has 4 aromatic rings. The van der Waals surface area contributed by atoms with Crippen LogP contribution in [0.3, 0.4) is 0 Å². The number of aromatic nitrogens is 2. The molecule has 2 atom stereocenters. The maximum absolute atomic E-state index is 13.4. The van der Waals surface area contributed by atoms with Crippen LogP contribution in [0.1, 0.15) is 25.5 Å². The summed E-state index contributed by atoms with van der Waals surface area (Å²) in [6, 6.07) is 19.1. The van der Waals surface area contributed by atoms with Crippen LogP contribution < -0.4 is 14.8 Å². The van der Waals surface area contributed by atoms with Crippen molar-refractivity contribution in [2.45, 2.75) is 26.0 Å². The number of ether oxygens (including phenoxy) is 2. The fourth-order valence-corrected chi connectivity index (χ4v) is 4.32. The molecule has 0 saturated heterocycles. The summed E-state index contributed by atoms with van der Waals surface area (Å²) in [4.78, 5) is 17.1. The Morgan fingerprint density at radius 1 is 1.08 bits per heavy atom. The molecular weight excluding hydrogens is 471 g/mol. The van der Waals surface area contributed by atoms with Gasteiger partial charge in [0.05, 0.1) is 37.1 Å². The molecule has 0 fully saturated rings. The Balaban J connectivity index is 1.43. The molecule has 1 N–H and O–H groups in total. The van der Waals surface area contributed by atoms with Gasteiger partial charge in [-0.25, -0.2) is 9.07 Å². The summed E-state index contributed by atoms with van der Waals surface area (Å²) >= 11 is 0. The molecule has 3 aromatic carbocycles. The van der Waals surface area contributed by atoms with Crippen LogP contribution in [0.4, 0.5) is 4.39 Å². The highest BCUT2D eigenvalue weighted by molar-refractivity contribution is 6.44. The molecular formula is C29H27FN4O3. The zero-order valence-electron chi connectivity index (χ0n) is 20.8. The molecule has 1 aromatic heterocycles. The van der Waals surface area contributed by atoms with Crippen LogP contribution in [-0.4, -0.2) is 41.1 Å². The number of hydrogen-bond acceptors (Lipinski definition) is 5. The lowest BCUT2D eigenvalue weighted by molar-refractivity contribution is -0.115. The lowest BCUT2D eigenvalue weighted by Crippen LogP contribution is -2.42. The third kappa shape index (κ3) is 5.23. The molecule has 5 rings (SSSR count). The fraction of sp³-hybridized carbons (Fsp3) is 0.207. The number of fused-ring (bicyclic) bond motifs is 1. The standard InChI is InChI=1S/C29H27FN4O3/c1-18-13-26(31-16-18)29(35)33-19(2)28(20-5-4-6-24(14-20)36-3)37-25-11-12-27-21(15-25)17-32-34(27)23-9-7-22(30)8-10-23/h4-15,17,19,28H,16H2,1-3H3,(H,33,35)/t19-,28-/m0/s1. The fourth-order valence-electron chi connectivity index (χ4n) is 4.32. The molecule has 0 unspecified atom stereocenters. The molecule has 0 radical (unpaired) electrons. The molecule has 0 aliphatic carbocycles. The first-order valence-electron chi connectivity index (χ1n) is 12.0. The van der Waals surface area contributed by atoms with Gasteiger partial charge in [-0.15, -0.1) is 0 Å². The number of rotatable bonds is 8. The Bertz CT molecular complexity index is 1510. The molecule has 0 spiro atoms. The van der Waals surface area contributed by atoms with Gasteiger partial charge >= 0.3 is 0 Å². The molecule has 0 saturated carbocycles. The first kappa shape index (κ1) is 24.2. The minimum Gasteiger partial charge on any atom is -0.497 e. The smallest absolute Gasteiger partial charge is 0.269 e. The van der Waals surface area contributed by atoms with E-state index in [0.717, 1.165) is 27.7 Å². The third-order valence-electron chi connectivity index (χ3n) is 6.22. The van der Waals surface area contributed by atoms with Gasteiger partial charge in [-0.2, -0.15) is 5.10 Å². The maximum atomic E-state index is 13.4. The van der Waals surface area contributed by atoms with Crippen molar-refractivity contribution in [2.75, 3.05) is 13.7 Å². The Hall–Kier alpha value is -4.46. The maximum Gasteiger partial charge on any atom is 0.269 e. The van der Waals surface area contributed by atoms with Gasteiger partial charge in [-0.1, -0.05) is 12.1 Å².